The normalized spacial score (nSPS) is 11.3. The molecular formula is C12H8ClF2NO2S. The summed E-state index contributed by atoms with van der Waals surface area (Å²) in [6.07, 6.45) is 0. The first kappa shape index (κ1) is 13.8. The van der Waals surface area contributed by atoms with E-state index in [9.17, 15) is 17.2 Å². The lowest BCUT2D eigenvalue weighted by atomic mass is 10.3. The fourth-order valence-electron chi connectivity index (χ4n) is 1.39. The first-order valence-electron chi connectivity index (χ1n) is 5.12. The van der Waals surface area contributed by atoms with Gasteiger partial charge in [0.2, 0.25) is 0 Å². The number of benzene rings is 2. The van der Waals surface area contributed by atoms with E-state index < -0.39 is 21.7 Å². The van der Waals surface area contributed by atoms with Gasteiger partial charge in [-0.2, -0.15) is 0 Å². The van der Waals surface area contributed by atoms with Gasteiger partial charge in [0.1, 0.15) is 11.6 Å². The third-order valence-corrected chi connectivity index (χ3v) is 3.91. The number of halogens is 3. The molecule has 7 heteroatoms. The summed E-state index contributed by atoms with van der Waals surface area (Å²) in [6, 6.07) is 7.67. The largest absolute Gasteiger partial charge is 0.277 e. The highest BCUT2D eigenvalue weighted by molar-refractivity contribution is 7.92. The number of hydrogen-bond donors (Lipinski definition) is 1. The molecule has 19 heavy (non-hydrogen) atoms. The van der Waals surface area contributed by atoms with Crippen LogP contribution in [0.25, 0.3) is 0 Å². The summed E-state index contributed by atoms with van der Waals surface area (Å²) in [7, 11) is -3.98. The molecule has 0 unspecified atom stereocenters. The molecule has 2 aromatic carbocycles. The average Bonchev–Trinajstić information content (AvgIpc) is 2.34. The molecule has 0 aliphatic heterocycles. The van der Waals surface area contributed by atoms with Gasteiger partial charge in [-0.3, -0.25) is 4.72 Å². The Morgan fingerprint density at radius 3 is 2.26 bits per heavy atom. The van der Waals surface area contributed by atoms with Crippen molar-refractivity contribution in [3.8, 4) is 0 Å². The number of nitrogens with one attached hydrogen (secondary N) is 1. The van der Waals surface area contributed by atoms with E-state index in [2.05, 4.69) is 4.72 Å². The van der Waals surface area contributed by atoms with Crippen LogP contribution < -0.4 is 4.72 Å². The smallest absolute Gasteiger partial charge is 0.261 e. The quantitative estimate of drug-likeness (QED) is 0.944. The van der Waals surface area contributed by atoms with Gasteiger partial charge in [0.25, 0.3) is 10.0 Å². The van der Waals surface area contributed by atoms with Crippen LogP contribution in [-0.2, 0) is 10.0 Å². The van der Waals surface area contributed by atoms with E-state index in [0.29, 0.717) is 0 Å². The number of sulfonamides is 1. The van der Waals surface area contributed by atoms with Gasteiger partial charge in [0.15, 0.2) is 0 Å². The lowest BCUT2D eigenvalue weighted by Crippen LogP contribution is -2.14. The van der Waals surface area contributed by atoms with Crippen LogP contribution in [0.5, 0.6) is 0 Å². The Balaban J connectivity index is 2.36. The average molecular weight is 304 g/mol. The SMILES string of the molecule is O=S(=O)(Nc1cc(Cl)ccc1F)c1ccc(F)cc1. The molecule has 0 aliphatic rings. The Morgan fingerprint density at radius 2 is 1.63 bits per heavy atom. The van der Waals surface area contributed by atoms with Crippen LogP contribution >= 0.6 is 11.6 Å². The van der Waals surface area contributed by atoms with Gasteiger partial charge in [-0.25, -0.2) is 17.2 Å². The molecule has 0 bridgehead atoms. The van der Waals surface area contributed by atoms with Crippen molar-refractivity contribution in [2.24, 2.45) is 0 Å². The summed E-state index contributed by atoms with van der Waals surface area (Å²) in [5.74, 6) is -1.32. The highest BCUT2D eigenvalue weighted by Gasteiger charge is 2.16. The van der Waals surface area contributed by atoms with Crippen LogP contribution in [0.15, 0.2) is 47.4 Å². The minimum Gasteiger partial charge on any atom is -0.277 e. The molecule has 0 fully saturated rings. The molecule has 2 rings (SSSR count). The minimum absolute atomic E-state index is 0.173. The van der Waals surface area contributed by atoms with Gasteiger partial charge < -0.3 is 0 Å². The van der Waals surface area contributed by atoms with Gasteiger partial charge in [-0.15, -0.1) is 0 Å². The molecule has 0 aliphatic carbocycles. The van der Waals surface area contributed by atoms with Crippen molar-refractivity contribution in [2.45, 2.75) is 4.90 Å². The van der Waals surface area contributed by atoms with E-state index in [4.69, 9.17) is 11.6 Å². The van der Waals surface area contributed by atoms with Crippen molar-refractivity contribution in [3.63, 3.8) is 0 Å². The first-order chi connectivity index (χ1) is 8.88. The Labute approximate surface area is 113 Å². The van der Waals surface area contributed by atoms with Gasteiger partial charge in [-0.05, 0) is 42.5 Å². The van der Waals surface area contributed by atoms with E-state index in [1.54, 1.807) is 0 Å². The topological polar surface area (TPSA) is 46.2 Å². The summed E-state index contributed by atoms with van der Waals surface area (Å²) in [5, 5.41) is 0.193. The van der Waals surface area contributed by atoms with Crippen LogP contribution in [-0.4, -0.2) is 8.42 Å². The predicted octanol–water partition coefficient (Wildman–Crippen LogP) is 3.42. The van der Waals surface area contributed by atoms with Crippen LogP contribution in [0, 0.1) is 11.6 Å². The lowest BCUT2D eigenvalue weighted by molar-refractivity contribution is 0.597. The predicted molar refractivity (Wildman–Crippen MR) is 68.6 cm³/mol. The Kier molecular flexibility index (Phi) is 3.73. The van der Waals surface area contributed by atoms with Gasteiger partial charge in [0, 0.05) is 5.02 Å². The van der Waals surface area contributed by atoms with Gasteiger partial charge >= 0.3 is 0 Å². The molecule has 0 atom stereocenters. The van der Waals surface area contributed by atoms with Gasteiger partial charge in [-0.1, -0.05) is 11.6 Å². The monoisotopic (exact) mass is 303 g/mol. The highest BCUT2D eigenvalue weighted by atomic mass is 35.5. The molecule has 100 valence electrons. The fourth-order valence-corrected chi connectivity index (χ4v) is 2.62. The van der Waals surface area contributed by atoms with E-state index in [0.717, 1.165) is 36.4 Å². The summed E-state index contributed by atoms with van der Waals surface area (Å²) in [5.41, 5.74) is -0.267. The standard InChI is InChI=1S/C12H8ClF2NO2S/c13-8-1-6-11(15)12(7-8)16-19(17,18)10-4-2-9(14)3-5-10/h1-7,16H. The first-order valence-corrected chi connectivity index (χ1v) is 6.98. The van der Waals surface area contributed by atoms with Crippen LogP contribution in [0.2, 0.25) is 5.02 Å². The van der Waals surface area contributed by atoms with Crippen molar-refractivity contribution < 1.29 is 17.2 Å². The molecule has 0 spiro atoms. The second kappa shape index (κ2) is 5.14. The second-order valence-corrected chi connectivity index (χ2v) is 5.80. The van der Waals surface area contributed by atoms with Crippen molar-refractivity contribution in [1.82, 2.24) is 0 Å². The minimum atomic E-state index is -3.98. The third kappa shape index (κ3) is 3.21. The maximum absolute atomic E-state index is 13.4. The second-order valence-electron chi connectivity index (χ2n) is 3.68. The molecule has 0 saturated carbocycles. The Hall–Kier alpha value is -1.66. The third-order valence-electron chi connectivity index (χ3n) is 2.30. The van der Waals surface area contributed by atoms with Crippen LogP contribution in [0.1, 0.15) is 0 Å². The van der Waals surface area contributed by atoms with E-state index in [-0.39, 0.29) is 15.6 Å². The fraction of sp³-hybridized carbons (Fsp3) is 0. The summed E-state index contributed by atoms with van der Waals surface area (Å²) in [4.78, 5) is -0.173. The zero-order chi connectivity index (χ0) is 14.0. The summed E-state index contributed by atoms with van der Waals surface area (Å²) < 4.78 is 52.1. The van der Waals surface area contributed by atoms with Crippen molar-refractivity contribution in [3.05, 3.63) is 59.1 Å². The molecule has 0 saturated heterocycles. The lowest BCUT2D eigenvalue weighted by Gasteiger charge is -2.09. The number of rotatable bonds is 3. The van der Waals surface area contributed by atoms with E-state index in [1.165, 1.54) is 6.07 Å². The summed E-state index contributed by atoms with van der Waals surface area (Å²) in [6.45, 7) is 0. The molecular weight excluding hydrogens is 296 g/mol. The molecule has 0 aromatic heterocycles. The molecule has 0 radical (unpaired) electrons. The zero-order valence-corrected chi connectivity index (χ0v) is 11.0. The van der Waals surface area contributed by atoms with Crippen LogP contribution in [0.4, 0.5) is 14.5 Å². The number of hydrogen-bond acceptors (Lipinski definition) is 2. The van der Waals surface area contributed by atoms with Crippen LogP contribution in [0.3, 0.4) is 0 Å². The molecule has 1 N–H and O–H groups in total. The molecule has 0 heterocycles. The van der Waals surface area contributed by atoms with Crippen molar-refractivity contribution in [2.75, 3.05) is 4.72 Å². The van der Waals surface area contributed by atoms with E-state index >= 15 is 0 Å². The van der Waals surface area contributed by atoms with Crippen molar-refractivity contribution in [1.29, 1.82) is 0 Å². The maximum atomic E-state index is 13.4. The highest BCUT2D eigenvalue weighted by Crippen LogP contribution is 2.22. The van der Waals surface area contributed by atoms with E-state index in [1.807, 2.05) is 0 Å². The van der Waals surface area contributed by atoms with Crippen molar-refractivity contribution >= 4 is 27.3 Å². The van der Waals surface area contributed by atoms with Gasteiger partial charge in [0.05, 0.1) is 10.6 Å². The number of anilines is 1. The Morgan fingerprint density at radius 1 is 1.00 bits per heavy atom. The zero-order valence-electron chi connectivity index (χ0n) is 9.40. The molecule has 2 aromatic rings. The maximum Gasteiger partial charge on any atom is 0.261 e. The summed E-state index contributed by atoms with van der Waals surface area (Å²) >= 11 is 5.66. The molecule has 3 nitrogen and oxygen atoms in total. The molecule has 0 amide bonds. The Bertz CT molecular complexity index is 702.